The molecule has 1 fully saturated rings. The first kappa shape index (κ1) is 14.0. The molecule has 0 saturated carbocycles. The maximum atomic E-state index is 11.7. The van der Waals surface area contributed by atoms with Gasteiger partial charge in [-0.15, -0.1) is 0 Å². The highest BCUT2D eigenvalue weighted by atomic mass is 16.4. The molecule has 1 aliphatic rings. The van der Waals surface area contributed by atoms with Crippen molar-refractivity contribution >= 4 is 11.9 Å². The van der Waals surface area contributed by atoms with Gasteiger partial charge in [0.15, 0.2) is 0 Å². The number of carbonyl (C=O) groups is 2. The van der Waals surface area contributed by atoms with Crippen LogP contribution in [-0.2, 0) is 9.59 Å². The molecule has 1 amide bonds. The number of aliphatic carboxylic acids is 1. The summed E-state index contributed by atoms with van der Waals surface area (Å²) in [6.07, 6.45) is 2.66. The summed E-state index contributed by atoms with van der Waals surface area (Å²) in [7, 11) is 0. The first-order valence-corrected chi connectivity index (χ1v) is 6.15. The van der Waals surface area contributed by atoms with Crippen LogP contribution in [0.4, 0.5) is 0 Å². The molecule has 1 saturated heterocycles. The van der Waals surface area contributed by atoms with Crippen molar-refractivity contribution in [2.45, 2.75) is 33.1 Å². The van der Waals surface area contributed by atoms with E-state index in [9.17, 15) is 9.59 Å². The fraction of sp³-hybridized carbons (Fsp3) is 0.833. The van der Waals surface area contributed by atoms with Gasteiger partial charge in [0.25, 0.3) is 0 Å². The lowest BCUT2D eigenvalue weighted by Gasteiger charge is -2.20. The molecule has 0 atom stereocenters. The quantitative estimate of drug-likeness (QED) is 0.673. The highest BCUT2D eigenvalue weighted by Gasteiger charge is 2.26. The molecule has 5 nitrogen and oxygen atoms in total. The number of hydrogen-bond acceptors (Lipinski definition) is 3. The second-order valence-electron chi connectivity index (χ2n) is 5.20. The Morgan fingerprint density at radius 3 is 2.41 bits per heavy atom. The number of nitrogens with one attached hydrogen (secondary N) is 1. The first-order valence-electron chi connectivity index (χ1n) is 6.15. The Morgan fingerprint density at radius 2 is 1.88 bits per heavy atom. The SMILES string of the molecule is CC(C)(CNCCC(=O)N1CCCC1)C(=O)O. The molecule has 5 heteroatoms. The normalized spacial score (nSPS) is 16.2. The van der Waals surface area contributed by atoms with Crippen molar-refractivity contribution in [1.82, 2.24) is 10.2 Å². The van der Waals surface area contributed by atoms with Gasteiger partial charge in [0.2, 0.25) is 5.91 Å². The molecular weight excluding hydrogens is 220 g/mol. The second-order valence-corrected chi connectivity index (χ2v) is 5.20. The Morgan fingerprint density at radius 1 is 1.29 bits per heavy atom. The zero-order chi connectivity index (χ0) is 12.9. The fourth-order valence-corrected chi connectivity index (χ4v) is 1.80. The standard InChI is InChI=1S/C12H22N2O3/c1-12(2,11(16)17)9-13-6-5-10(15)14-7-3-4-8-14/h13H,3-9H2,1-2H3,(H,16,17). The van der Waals surface area contributed by atoms with Gasteiger partial charge in [0, 0.05) is 32.6 Å². The van der Waals surface area contributed by atoms with E-state index >= 15 is 0 Å². The van der Waals surface area contributed by atoms with Gasteiger partial charge in [-0.3, -0.25) is 9.59 Å². The molecule has 17 heavy (non-hydrogen) atoms. The summed E-state index contributed by atoms with van der Waals surface area (Å²) in [6.45, 7) is 6.02. The number of rotatable bonds is 6. The van der Waals surface area contributed by atoms with Crippen molar-refractivity contribution < 1.29 is 14.7 Å². The van der Waals surface area contributed by atoms with Crippen LogP contribution in [0.25, 0.3) is 0 Å². The fourth-order valence-electron chi connectivity index (χ4n) is 1.80. The molecule has 0 spiro atoms. The molecule has 0 aromatic heterocycles. The van der Waals surface area contributed by atoms with Gasteiger partial charge in [-0.1, -0.05) is 0 Å². The predicted octanol–water partition coefficient (Wildman–Crippen LogP) is 0.699. The molecule has 1 aliphatic heterocycles. The van der Waals surface area contributed by atoms with Crippen LogP contribution in [0.3, 0.4) is 0 Å². The maximum absolute atomic E-state index is 11.7. The number of nitrogens with zero attached hydrogens (tertiary/aromatic N) is 1. The summed E-state index contributed by atoms with van der Waals surface area (Å²) in [5.74, 6) is -0.654. The number of amides is 1. The average molecular weight is 242 g/mol. The van der Waals surface area contributed by atoms with Crippen molar-refractivity contribution in [3.05, 3.63) is 0 Å². The third-order valence-electron chi connectivity index (χ3n) is 3.12. The number of carboxylic acid groups (broad SMARTS) is 1. The summed E-state index contributed by atoms with van der Waals surface area (Å²) in [4.78, 5) is 24.4. The number of carboxylic acids is 1. The Bertz CT molecular complexity index is 283. The first-order chi connectivity index (χ1) is 7.93. The van der Waals surface area contributed by atoms with Crippen molar-refractivity contribution in [2.75, 3.05) is 26.2 Å². The number of carbonyl (C=O) groups excluding carboxylic acids is 1. The molecule has 0 aliphatic carbocycles. The lowest BCUT2D eigenvalue weighted by atomic mass is 9.94. The molecule has 2 N–H and O–H groups in total. The minimum Gasteiger partial charge on any atom is -0.481 e. The van der Waals surface area contributed by atoms with Crippen LogP contribution >= 0.6 is 0 Å². The molecule has 0 unspecified atom stereocenters. The highest BCUT2D eigenvalue weighted by Crippen LogP contribution is 2.13. The average Bonchev–Trinajstić information content (AvgIpc) is 2.77. The zero-order valence-electron chi connectivity index (χ0n) is 10.7. The monoisotopic (exact) mass is 242 g/mol. The molecule has 1 heterocycles. The zero-order valence-corrected chi connectivity index (χ0v) is 10.7. The van der Waals surface area contributed by atoms with E-state index in [1.807, 2.05) is 4.90 Å². The molecule has 0 radical (unpaired) electrons. The Kier molecular flexibility index (Phi) is 4.93. The van der Waals surface area contributed by atoms with Gasteiger partial charge in [-0.2, -0.15) is 0 Å². The molecular formula is C12H22N2O3. The maximum Gasteiger partial charge on any atom is 0.310 e. The Labute approximate surface area is 102 Å². The van der Waals surface area contributed by atoms with Crippen LogP contribution in [0.15, 0.2) is 0 Å². The van der Waals surface area contributed by atoms with Crippen LogP contribution < -0.4 is 5.32 Å². The third-order valence-corrected chi connectivity index (χ3v) is 3.12. The number of likely N-dealkylation sites (tertiary alicyclic amines) is 1. The smallest absolute Gasteiger partial charge is 0.310 e. The van der Waals surface area contributed by atoms with E-state index in [0.29, 0.717) is 19.5 Å². The van der Waals surface area contributed by atoms with E-state index < -0.39 is 11.4 Å². The van der Waals surface area contributed by atoms with Gasteiger partial charge in [0.1, 0.15) is 0 Å². The van der Waals surface area contributed by atoms with Crippen molar-refractivity contribution in [2.24, 2.45) is 5.41 Å². The van der Waals surface area contributed by atoms with E-state index in [2.05, 4.69) is 5.32 Å². The summed E-state index contributed by atoms with van der Waals surface area (Å²) in [5, 5.41) is 11.9. The minimum atomic E-state index is -0.823. The van der Waals surface area contributed by atoms with E-state index in [4.69, 9.17) is 5.11 Å². The van der Waals surface area contributed by atoms with Gasteiger partial charge >= 0.3 is 5.97 Å². The van der Waals surface area contributed by atoms with Gasteiger partial charge in [-0.25, -0.2) is 0 Å². The van der Waals surface area contributed by atoms with E-state index in [-0.39, 0.29) is 5.91 Å². The lowest BCUT2D eigenvalue weighted by molar-refractivity contribution is -0.146. The van der Waals surface area contributed by atoms with Crippen LogP contribution in [-0.4, -0.2) is 48.1 Å². The van der Waals surface area contributed by atoms with Crippen LogP contribution in [0.5, 0.6) is 0 Å². The summed E-state index contributed by atoms with van der Waals surface area (Å²) < 4.78 is 0. The van der Waals surface area contributed by atoms with Gasteiger partial charge in [0.05, 0.1) is 5.41 Å². The molecule has 0 aromatic carbocycles. The molecule has 0 aromatic rings. The van der Waals surface area contributed by atoms with Crippen LogP contribution in [0.1, 0.15) is 33.1 Å². The van der Waals surface area contributed by atoms with E-state index in [1.54, 1.807) is 13.8 Å². The predicted molar refractivity (Wildman–Crippen MR) is 64.7 cm³/mol. The Balaban J connectivity index is 2.15. The van der Waals surface area contributed by atoms with Crippen molar-refractivity contribution in [3.63, 3.8) is 0 Å². The highest BCUT2D eigenvalue weighted by molar-refractivity contribution is 5.76. The van der Waals surface area contributed by atoms with Crippen LogP contribution in [0.2, 0.25) is 0 Å². The van der Waals surface area contributed by atoms with Gasteiger partial charge in [-0.05, 0) is 26.7 Å². The summed E-state index contributed by atoms with van der Waals surface area (Å²) in [5.41, 5.74) is -0.781. The van der Waals surface area contributed by atoms with Gasteiger partial charge < -0.3 is 15.3 Å². The van der Waals surface area contributed by atoms with Crippen molar-refractivity contribution in [3.8, 4) is 0 Å². The second kappa shape index (κ2) is 6.00. The molecule has 98 valence electrons. The molecule has 1 rings (SSSR count). The number of hydrogen-bond donors (Lipinski definition) is 2. The summed E-state index contributed by atoms with van der Waals surface area (Å²) >= 11 is 0. The topological polar surface area (TPSA) is 69.6 Å². The third kappa shape index (κ3) is 4.34. The van der Waals surface area contributed by atoms with E-state index in [0.717, 1.165) is 25.9 Å². The largest absolute Gasteiger partial charge is 0.481 e. The van der Waals surface area contributed by atoms with Crippen molar-refractivity contribution in [1.29, 1.82) is 0 Å². The lowest BCUT2D eigenvalue weighted by Crippen LogP contribution is -2.38. The van der Waals surface area contributed by atoms with E-state index in [1.165, 1.54) is 0 Å². The summed E-state index contributed by atoms with van der Waals surface area (Å²) in [6, 6.07) is 0. The van der Waals surface area contributed by atoms with Crippen LogP contribution in [0, 0.1) is 5.41 Å². The molecule has 0 bridgehead atoms. The Hall–Kier alpha value is -1.10. The minimum absolute atomic E-state index is 0.170.